The Kier molecular flexibility index (Phi) is 8.15. The first kappa shape index (κ1) is 32.5. The van der Waals surface area contributed by atoms with Crippen molar-refractivity contribution in [2.75, 3.05) is 43.5 Å². The van der Waals surface area contributed by atoms with Crippen LogP contribution in [0.15, 0.2) is 12.1 Å². The quantitative estimate of drug-likeness (QED) is 0.208. The molecule has 4 atom stereocenters. The molecule has 4 aliphatic heterocycles. The van der Waals surface area contributed by atoms with E-state index in [9.17, 15) is 18.4 Å². The highest BCUT2D eigenvalue weighted by molar-refractivity contribution is 7.23. The number of thiophene rings is 1. The summed E-state index contributed by atoms with van der Waals surface area (Å²) < 4.78 is 88.3. The Morgan fingerprint density at radius 1 is 1.16 bits per heavy atom. The van der Waals surface area contributed by atoms with Gasteiger partial charge in [0, 0.05) is 48.8 Å². The SMILES string of the molecule is N#Cc1c(N)sc2c(F)ccc(-c3c(Cl)c4c5c(nc(OCC67CCCN6C[C@H](F)C7)nc5c3F)N3CCCCC(C(F)F)C3CCO4)c12. The van der Waals surface area contributed by atoms with Crippen LogP contribution >= 0.6 is 22.9 Å². The lowest BCUT2D eigenvalue weighted by Gasteiger charge is -2.38. The van der Waals surface area contributed by atoms with Crippen LogP contribution in [-0.4, -0.2) is 71.9 Å². The maximum atomic E-state index is 17.2. The standard InChI is InChI=1S/C34H32ClF5N6O2S/c35-25-23(18-5-6-20(37)29-22(18)19(13-41)31(42)49-29)26(38)27-24-28(25)47-11-7-21-17(30(39)40)4-1-2-10-46(21)32(24)44-33(43-27)48-15-34-8-3-9-45(34)14-16(36)12-34/h5-6,16-17,21,30H,1-4,7-12,14-15,42H2/t16-,17?,21?,34?/m1/s1. The summed E-state index contributed by atoms with van der Waals surface area (Å²) in [5.74, 6) is -2.32. The molecule has 8 nitrogen and oxygen atoms in total. The van der Waals surface area contributed by atoms with Crippen LogP contribution in [0, 0.1) is 28.9 Å². The Labute approximate surface area is 287 Å². The molecular formula is C34H32ClF5N6O2S. The van der Waals surface area contributed by atoms with Crippen LogP contribution in [0.1, 0.15) is 50.5 Å². The van der Waals surface area contributed by atoms with Crippen molar-refractivity contribution >= 4 is 54.7 Å². The fraction of sp³-hybridized carbons (Fsp3) is 0.500. The lowest BCUT2D eigenvalue weighted by molar-refractivity contribution is 0.0536. The van der Waals surface area contributed by atoms with Gasteiger partial charge in [-0.1, -0.05) is 24.1 Å². The molecule has 0 spiro atoms. The van der Waals surface area contributed by atoms with Crippen molar-refractivity contribution < 1.29 is 31.4 Å². The van der Waals surface area contributed by atoms with Crippen LogP contribution in [-0.2, 0) is 0 Å². The number of alkyl halides is 3. The number of nitrogens with two attached hydrogens (primary N) is 1. The van der Waals surface area contributed by atoms with Gasteiger partial charge in [-0.3, -0.25) is 4.90 Å². The monoisotopic (exact) mass is 718 g/mol. The van der Waals surface area contributed by atoms with E-state index in [4.69, 9.17) is 31.8 Å². The first-order valence-electron chi connectivity index (χ1n) is 16.4. The van der Waals surface area contributed by atoms with E-state index in [2.05, 4.69) is 9.88 Å². The average Bonchev–Trinajstić information content (AvgIpc) is 3.65. The van der Waals surface area contributed by atoms with Crippen LogP contribution in [0.2, 0.25) is 5.02 Å². The van der Waals surface area contributed by atoms with Gasteiger partial charge in [-0.25, -0.2) is 22.0 Å². The zero-order valence-electron chi connectivity index (χ0n) is 26.3. The van der Waals surface area contributed by atoms with E-state index >= 15 is 8.78 Å². The molecule has 8 rings (SSSR count). The van der Waals surface area contributed by atoms with Crippen molar-refractivity contribution in [3.8, 4) is 29.0 Å². The van der Waals surface area contributed by atoms with E-state index in [0.717, 1.165) is 36.8 Å². The molecule has 6 heterocycles. The molecule has 0 saturated carbocycles. The highest BCUT2D eigenvalue weighted by Crippen LogP contribution is 2.52. The van der Waals surface area contributed by atoms with Gasteiger partial charge in [-0.15, -0.1) is 11.3 Å². The van der Waals surface area contributed by atoms with Crippen LogP contribution in [0.25, 0.3) is 32.1 Å². The van der Waals surface area contributed by atoms with E-state index < -0.39 is 41.7 Å². The van der Waals surface area contributed by atoms with Gasteiger partial charge in [0.1, 0.15) is 41.0 Å². The van der Waals surface area contributed by atoms with Crippen LogP contribution in [0.5, 0.6) is 11.8 Å². The number of rotatable bonds is 5. The summed E-state index contributed by atoms with van der Waals surface area (Å²) in [6.45, 7) is 1.47. The molecule has 2 aromatic heterocycles. The topological polar surface area (TPSA) is 101 Å². The predicted octanol–water partition coefficient (Wildman–Crippen LogP) is 7.87. The first-order valence-corrected chi connectivity index (χ1v) is 17.6. The maximum absolute atomic E-state index is 17.2. The number of ether oxygens (including phenoxy) is 2. The van der Waals surface area contributed by atoms with Gasteiger partial charge in [0.05, 0.1) is 32.8 Å². The van der Waals surface area contributed by atoms with Gasteiger partial charge in [-0.05, 0) is 43.9 Å². The molecule has 0 radical (unpaired) electrons. The smallest absolute Gasteiger partial charge is 0.319 e. The zero-order valence-corrected chi connectivity index (χ0v) is 27.8. The lowest BCUT2D eigenvalue weighted by atomic mass is 9.92. The van der Waals surface area contributed by atoms with Gasteiger partial charge in [0.2, 0.25) is 6.43 Å². The Bertz CT molecular complexity index is 2030. The number of nitriles is 1. The Morgan fingerprint density at radius 3 is 2.80 bits per heavy atom. The Hall–Kier alpha value is -3.67. The number of halogens is 6. The summed E-state index contributed by atoms with van der Waals surface area (Å²) in [5, 5.41) is 10.0. The van der Waals surface area contributed by atoms with Crippen molar-refractivity contribution in [3.05, 3.63) is 34.4 Å². The highest BCUT2D eigenvalue weighted by Gasteiger charge is 2.49. The second kappa shape index (κ2) is 12.3. The number of aromatic nitrogens is 2. The molecular weight excluding hydrogens is 687 g/mol. The summed E-state index contributed by atoms with van der Waals surface area (Å²) in [7, 11) is 0. The third kappa shape index (κ3) is 5.14. The summed E-state index contributed by atoms with van der Waals surface area (Å²) >= 11 is 7.88. The zero-order chi connectivity index (χ0) is 34.2. The highest BCUT2D eigenvalue weighted by atomic mass is 35.5. The molecule has 49 heavy (non-hydrogen) atoms. The van der Waals surface area contributed by atoms with Crippen molar-refractivity contribution in [3.63, 3.8) is 0 Å². The molecule has 0 bridgehead atoms. The lowest BCUT2D eigenvalue weighted by Crippen LogP contribution is -2.45. The minimum atomic E-state index is -2.60. The normalized spacial score (nSPS) is 25.5. The van der Waals surface area contributed by atoms with Gasteiger partial charge in [0.25, 0.3) is 0 Å². The van der Waals surface area contributed by atoms with Crippen molar-refractivity contribution in [2.45, 2.75) is 69.1 Å². The number of fused-ring (bicyclic) bond motifs is 4. The molecule has 258 valence electrons. The molecule has 0 aliphatic carbocycles. The first-order chi connectivity index (χ1) is 23.6. The van der Waals surface area contributed by atoms with Crippen molar-refractivity contribution in [2.24, 2.45) is 5.92 Å². The van der Waals surface area contributed by atoms with Gasteiger partial charge >= 0.3 is 6.01 Å². The van der Waals surface area contributed by atoms with Crippen LogP contribution in [0.4, 0.5) is 32.8 Å². The number of benzene rings is 2. The minimum Gasteiger partial charge on any atom is -0.491 e. The number of nitrogens with zero attached hydrogens (tertiary/aromatic N) is 5. The summed E-state index contributed by atoms with van der Waals surface area (Å²) in [5.41, 5.74) is 5.20. The summed E-state index contributed by atoms with van der Waals surface area (Å²) in [6, 6.07) is 3.62. The molecule has 2 N–H and O–H groups in total. The number of hydrogen-bond acceptors (Lipinski definition) is 9. The molecule has 2 aromatic carbocycles. The van der Waals surface area contributed by atoms with Gasteiger partial charge in [-0.2, -0.15) is 15.2 Å². The number of anilines is 2. The van der Waals surface area contributed by atoms with E-state index in [-0.39, 0.29) is 91.3 Å². The third-order valence-corrected chi connectivity index (χ3v) is 12.1. The molecule has 4 aromatic rings. The van der Waals surface area contributed by atoms with Crippen LogP contribution in [0.3, 0.4) is 0 Å². The van der Waals surface area contributed by atoms with Gasteiger partial charge in [0.15, 0.2) is 11.6 Å². The van der Waals surface area contributed by atoms with Crippen molar-refractivity contribution in [1.29, 1.82) is 5.26 Å². The Morgan fingerprint density at radius 2 is 2.00 bits per heavy atom. The third-order valence-electron chi connectivity index (χ3n) is 10.7. The number of hydrogen-bond donors (Lipinski definition) is 1. The molecule has 0 amide bonds. The Balaban J connectivity index is 1.37. The molecule has 3 fully saturated rings. The number of nitrogen functional groups attached to an aromatic ring is 1. The molecule has 15 heteroatoms. The second-order valence-corrected chi connectivity index (χ2v) is 14.8. The molecule has 4 aliphatic rings. The van der Waals surface area contributed by atoms with Gasteiger partial charge < -0.3 is 20.1 Å². The summed E-state index contributed by atoms with van der Waals surface area (Å²) in [4.78, 5) is 13.1. The van der Waals surface area contributed by atoms with E-state index in [0.29, 0.717) is 32.4 Å². The summed E-state index contributed by atoms with van der Waals surface area (Å²) in [6.07, 6.45) is -0.00534. The molecule has 3 saturated heterocycles. The largest absolute Gasteiger partial charge is 0.491 e. The second-order valence-electron chi connectivity index (χ2n) is 13.4. The predicted molar refractivity (Wildman–Crippen MR) is 178 cm³/mol. The van der Waals surface area contributed by atoms with Crippen molar-refractivity contribution in [1.82, 2.24) is 14.9 Å². The minimum absolute atomic E-state index is 0.00159. The fourth-order valence-electron chi connectivity index (χ4n) is 8.50. The van der Waals surface area contributed by atoms with Crippen LogP contribution < -0.4 is 20.1 Å². The average molecular weight is 719 g/mol. The fourth-order valence-corrected chi connectivity index (χ4v) is 9.78. The maximum Gasteiger partial charge on any atom is 0.319 e. The van der Waals surface area contributed by atoms with E-state index in [1.807, 2.05) is 6.07 Å². The van der Waals surface area contributed by atoms with E-state index in [1.54, 1.807) is 4.90 Å². The molecule has 3 unspecified atom stereocenters. The van der Waals surface area contributed by atoms with E-state index in [1.165, 1.54) is 6.07 Å².